The number of anilines is 1. The molecule has 104 valence electrons. The molecule has 0 N–H and O–H groups in total. The van der Waals surface area contributed by atoms with E-state index in [9.17, 15) is 0 Å². The molecular weight excluding hydrogens is 308 g/mol. The number of hydrogen-bond donors (Lipinski definition) is 0. The number of aromatic nitrogens is 4. The summed E-state index contributed by atoms with van der Waals surface area (Å²) in [6.45, 7) is 0. The molecule has 0 saturated carbocycles. The first-order valence-electron chi connectivity index (χ1n) is 6.04. The average molecular weight is 316 g/mol. The van der Waals surface area contributed by atoms with Crippen molar-refractivity contribution < 1.29 is 4.84 Å². The molecule has 21 heavy (non-hydrogen) atoms. The van der Waals surface area contributed by atoms with Gasteiger partial charge in [-0.05, 0) is 23.7 Å². The van der Waals surface area contributed by atoms with Crippen LogP contribution < -0.4 is 5.06 Å². The van der Waals surface area contributed by atoms with Crippen LogP contribution in [0.15, 0.2) is 46.3 Å². The number of nitrogens with zero attached hydrogens (tertiary/aromatic N) is 6. The molecule has 0 radical (unpaired) electrons. The Labute approximate surface area is 127 Å². The van der Waals surface area contributed by atoms with Crippen molar-refractivity contribution in [2.24, 2.45) is 4.99 Å². The van der Waals surface area contributed by atoms with Crippen LogP contribution >= 0.6 is 22.9 Å². The molecular formula is C12H8N6OS2. The van der Waals surface area contributed by atoms with Crippen molar-refractivity contribution in [1.29, 1.82) is 0 Å². The van der Waals surface area contributed by atoms with Gasteiger partial charge in [0, 0.05) is 0 Å². The SMILES string of the molecule is c1ccc(N2OC(c3ncsn3)=NC2c2nncs2)cc1. The highest BCUT2D eigenvalue weighted by atomic mass is 32.1. The van der Waals surface area contributed by atoms with E-state index in [2.05, 4.69) is 24.5 Å². The lowest BCUT2D eigenvalue weighted by Gasteiger charge is -2.21. The zero-order valence-electron chi connectivity index (χ0n) is 10.5. The van der Waals surface area contributed by atoms with Crippen LogP contribution in [-0.4, -0.2) is 25.5 Å². The predicted molar refractivity (Wildman–Crippen MR) is 79.1 cm³/mol. The molecule has 0 amide bonds. The third-order valence-electron chi connectivity index (χ3n) is 2.81. The van der Waals surface area contributed by atoms with Crippen molar-refractivity contribution >= 4 is 34.5 Å². The summed E-state index contributed by atoms with van der Waals surface area (Å²) >= 11 is 2.69. The smallest absolute Gasteiger partial charge is 0.290 e. The molecule has 4 rings (SSSR count). The van der Waals surface area contributed by atoms with Crippen molar-refractivity contribution in [2.45, 2.75) is 6.17 Å². The van der Waals surface area contributed by atoms with Gasteiger partial charge in [0.25, 0.3) is 5.90 Å². The van der Waals surface area contributed by atoms with E-state index in [1.165, 1.54) is 22.9 Å². The lowest BCUT2D eigenvalue weighted by atomic mass is 10.3. The van der Waals surface area contributed by atoms with Gasteiger partial charge in [0.1, 0.15) is 11.0 Å². The van der Waals surface area contributed by atoms with E-state index < -0.39 is 0 Å². The quantitative estimate of drug-likeness (QED) is 0.738. The van der Waals surface area contributed by atoms with Gasteiger partial charge in [0.2, 0.25) is 12.0 Å². The molecule has 1 unspecified atom stereocenters. The summed E-state index contributed by atoms with van der Waals surface area (Å²) in [5.41, 5.74) is 4.20. The number of rotatable bonds is 3. The van der Waals surface area contributed by atoms with Crippen molar-refractivity contribution in [3.63, 3.8) is 0 Å². The standard InChI is InChI=1S/C12H8N6OS2/c1-2-4-8(5-3-1)18-10(12-16-14-7-20-12)15-11(19-18)9-13-6-21-17-9/h1-7,10H. The molecule has 1 aliphatic rings. The van der Waals surface area contributed by atoms with Gasteiger partial charge in [-0.2, -0.15) is 9.44 Å². The summed E-state index contributed by atoms with van der Waals surface area (Å²) in [7, 11) is 0. The lowest BCUT2D eigenvalue weighted by Crippen LogP contribution is -2.23. The molecule has 3 aromatic rings. The van der Waals surface area contributed by atoms with Crippen LogP contribution in [0.2, 0.25) is 0 Å². The van der Waals surface area contributed by atoms with Crippen molar-refractivity contribution in [2.75, 3.05) is 5.06 Å². The van der Waals surface area contributed by atoms with Gasteiger partial charge in [-0.25, -0.2) is 9.98 Å². The van der Waals surface area contributed by atoms with Gasteiger partial charge in [0.15, 0.2) is 5.01 Å². The maximum atomic E-state index is 5.83. The molecule has 3 heterocycles. The number of hydrogen-bond acceptors (Lipinski definition) is 9. The summed E-state index contributed by atoms with van der Waals surface area (Å²) in [5, 5.41) is 10.4. The maximum absolute atomic E-state index is 5.83. The van der Waals surface area contributed by atoms with Crippen LogP contribution in [0.4, 0.5) is 5.69 Å². The first kappa shape index (κ1) is 12.4. The Hall–Kier alpha value is -2.39. The number of aliphatic imine (C=N–C) groups is 1. The van der Waals surface area contributed by atoms with E-state index in [1.54, 1.807) is 16.1 Å². The number of benzene rings is 1. The molecule has 1 atom stereocenters. The third-order valence-corrected chi connectivity index (χ3v) is 4.02. The highest BCUT2D eigenvalue weighted by Crippen LogP contribution is 2.34. The normalized spacial score (nSPS) is 17.6. The van der Waals surface area contributed by atoms with E-state index >= 15 is 0 Å². The topological polar surface area (TPSA) is 76.4 Å². The van der Waals surface area contributed by atoms with Crippen LogP contribution in [0.3, 0.4) is 0 Å². The second-order valence-corrected chi connectivity index (χ2v) is 5.56. The first-order chi connectivity index (χ1) is 10.4. The van der Waals surface area contributed by atoms with Gasteiger partial charge in [-0.3, -0.25) is 0 Å². The molecule has 1 aromatic carbocycles. The second-order valence-electron chi connectivity index (χ2n) is 4.09. The van der Waals surface area contributed by atoms with Gasteiger partial charge in [-0.1, -0.05) is 18.2 Å². The van der Waals surface area contributed by atoms with E-state index in [0.29, 0.717) is 11.7 Å². The number of hydroxylamine groups is 1. The van der Waals surface area contributed by atoms with E-state index in [0.717, 1.165) is 10.7 Å². The van der Waals surface area contributed by atoms with Crippen molar-refractivity contribution in [1.82, 2.24) is 19.6 Å². The fraction of sp³-hybridized carbons (Fsp3) is 0.0833. The minimum Gasteiger partial charge on any atom is -0.353 e. The van der Waals surface area contributed by atoms with E-state index in [4.69, 9.17) is 4.84 Å². The molecule has 7 nitrogen and oxygen atoms in total. The zero-order valence-corrected chi connectivity index (χ0v) is 12.2. The van der Waals surface area contributed by atoms with E-state index in [-0.39, 0.29) is 6.17 Å². The monoisotopic (exact) mass is 316 g/mol. The maximum Gasteiger partial charge on any atom is 0.290 e. The Morgan fingerprint density at radius 3 is 2.76 bits per heavy atom. The highest BCUT2D eigenvalue weighted by Gasteiger charge is 2.34. The third kappa shape index (κ3) is 2.26. The fourth-order valence-corrected chi connectivity index (χ4v) is 2.90. The van der Waals surface area contributed by atoms with Crippen molar-refractivity contribution in [3.8, 4) is 0 Å². The minimum absolute atomic E-state index is 0.376. The summed E-state index contributed by atoms with van der Waals surface area (Å²) in [6.07, 6.45) is -0.376. The van der Waals surface area contributed by atoms with Crippen LogP contribution in [0.1, 0.15) is 17.0 Å². The van der Waals surface area contributed by atoms with Gasteiger partial charge >= 0.3 is 0 Å². The molecule has 0 spiro atoms. The second kappa shape index (κ2) is 5.19. The Kier molecular flexibility index (Phi) is 3.05. The molecule has 9 heteroatoms. The molecule has 0 aliphatic carbocycles. The average Bonchev–Trinajstić information content (AvgIpc) is 3.27. The predicted octanol–water partition coefficient (Wildman–Crippen LogP) is 2.29. The number of para-hydroxylation sites is 1. The first-order valence-corrected chi connectivity index (χ1v) is 7.76. The van der Waals surface area contributed by atoms with Crippen LogP contribution in [0.5, 0.6) is 0 Å². The van der Waals surface area contributed by atoms with Crippen LogP contribution in [0, 0.1) is 0 Å². The van der Waals surface area contributed by atoms with Gasteiger partial charge in [0.05, 0.1) is 5.69 Å². The fourth-order valence-electron chi connectivity index (χ4n) is 1.91. The summed E-state index contributed by atoms with van der Waals surface area (Å²) in [4.78, 5) is 14.5. The van der Waals surface area contributed by atoms with Crippen LogP contribution in [-0.2, 0) is 4.84 Å². The largest absolute Gasteiger partial charge is 0.353 e. The summed E-state index contributed by atoms with van der Waals surface area (Å²) < 4.78 is 4.16. The van der Waals surface area contributed by atoms with Crippen LogP contribution in [0.25, 0.3) is 0 Å². The molecule has 2 aromatic heterocycles. The summed E-state index contributed by atoms with van der Waals surface area (Å²) in [5.74, 6) is 0.869. The molecule has 0 bridgehead atoms. The Morgan fingerprint density at radius 2 is 2.05 bits per heavy atom. The van der Waals surface area contributed by atoms with E-state index in [1.807, 2.05) is 30.3 Å². The lowest BCUT2D eigenvalue weighted by molar-refractivity contribution is 0.267. The minimum atomic E-state index is -0.376. The molecule has 1 aliphatic heterocycles. The van der Waals surface area contributed by atoms with Gasteiger partial charge < -0.3 is 4.84 Å². The molecule has 0 saturated heterocycles. The molecule has 0 fully saturated rings. The highest BCUT2D eigenvalue weighted by molar-refractivity contribution is 7.09. The zero-order chi connectivity index (χ0) is 14.1. The Balaban J connectivity index is 1.74. The van der Waals surface area contributed by atoms with Gasteiger partial charge in [-0.15, -0.1) is 21.5 Å². The Bertz CT molecular complexity index is 743. The summed E-state index contributed by atoms with van der Waals surface area (Å²) in [6, 6.07) is 9.72. The Morgan fingerprint density at radius 1 is 1.14 bits per heavy atom. The van der Waals surface area contributed by atoms with Crippen molar-refractivity contribution in [3.05, 3.63) is 52.2 Å².